The van der Waals surface area contributed by atoms with Gasteiger partial charge in [-0.05, 0) is 17.0 Å². The van der Waals surface area contributed by atoms with Crippen molar-refractivity contribution < 1.29 is 24.4 Å². The number of hydrogen-bond acceptors (Lipinski definition) is 6. The molecule has 3 N–H and O–H groups in total. The van der Waals surface area contributed by atoms with Gasteiger partial charge in [0.05, 0.1) is 31.1 Å². The molecule has 1 heterocycles. The lowest BCUT2D eigenvalue weighted by Gasteiger charge is -2.32. The van der Waals surface area contributed by atoms with Gasteiger partial charge in [0.15, 0.2) is 0 Å². The van der Waals surface area contributed by atoms with Gasteiger partial charge in [-0.15, -0.1) is 0 Å². The first-order valence-corrected chi connectivity index (χ1v) is 11.9. The van der Waals surface area contributed by atoms with Crippen LogP contribution in [0.2, 0.25) is 0 Å². The highest BCUT2D eigenvalue weighted by atomic mass is 16.6. The molecule has 35 heavy (non-hydrogen) atoms. The van der Waals surface area contributed by atoms with Crippen molar-refractivity contribution in [3.05, 3.63) is 81.9 Å². The molecule has 6 atom stereocenters. The largest absolute Gasteiger partial charge is 0.481 e. The molecule has 0 spiro atoms. The van der Waals surface area contributed by atoms with Gasteiger partial charge in [-0.1, -0.05) is 80.9 Å². The SMILES string of the molecule is CC[C@H](C)[C@@H](OCc1ccccc1)[C@H]1[C@H]([N+](=O)[O-])[C@H](c2ccccc2)N[C@@H]1C(=O)NCCC(=O)O. The maximum Gasteiger partial charge on any atom is 0.305 e. The summed E-state index contributed by atoms with van der Waals surface area (Å²) < 4.78 is 6.33. The molecule has 1 saturated heterocycles. The van der Waals surface area contributed by atoms with Crippen LogP contribution in [0.4, 0.5) is 0 Å². The Labute approximate surface area is 205 Å². The van der Waals surface area contributed by atoms with Gasteiger partial charge in [0.1, 0.15) is 6.04 Å². The number of carboxylic acid groups (broad SMARTS) is 1. The van der Waals surface area contributed by atoms with Gasteiger partial charge in [0.25, 0.3) is 0 Å². The van der Waals surface area contributed by atoms with E-state index in [-0.39, 0.29) is 30.4 Å². The highest BCUT2D eigenvalue weighted by Gasteiger charge is 2.57. The third-order valence-corrected chi connectivity index (χ3v) is 6.67. The normalized spacial score (nSPS) is 23.4. The predicted molar refractivity (Wildman–Crippen MR) is 130 cm³/mol. The van der Waals surface area contributed by atoms with E-state index in [9.17, 15) is 19.7 Å². The minimum Gasteiger partial charge on any atom is -0.481 e. The predicted octanol–water partition coefficient (Wildman–Crippen LogP) is 3.18. The summed E-state index contributed by atoms with van der Waals surface area (Å²) in [6, 6.07) is 15.9. The molecule has 0 bridgehead atoms. The van der Waals surface area contributed by atoms with Gasteiger partial charge in [0.2, 0.25) is 11.9 Å². The maximum absolute atomic E-state index is 13.2. The van der Waals surface area contributed by atoms with Crippen LogP contribution in [0.25, 0.3) is 0 Å². The molecular weight excluding hydrogens is 450 g/mol. The first-order valence-electron chi connectivity index (χ1n) is 11.9. The molecule has 3 rings (SSSR count). The Hall–Kier alpha value is -3.30. The highest BCUT2D eigenvalue weighted by molar-refractivity contribution is 5.83. The minimum absolute atomic E-state index is 0.0585. The molecule has 9 nitrogen and oxygen atoms in total. The zero-order chi connectivity index (χ0) is 25.4. The van der Waals surface area contributed by atoms with E-state index in [2.05, 4.69) is 10.6 Å². The van der Waals surface area contributed by atoms with Crippen molar-refractivity contribution in [2.24, 2.45) is 11.8 Å². The lowest BCUT2D eigenvalue weighted by molar-refractivity contribution is -0.535. The molecule has 9 heteroatoms. The van der Waals surface area contributed by atoms with Crippen LogP contribution in [-0.2, 0) is 20.9 Å². The second-order valence-corrected chi connectivity index (χ2v) is 8.97. The van der Waals surface area contributed by atoms with Gasteiger partial charge >= 0.3 is 5.97 Å². The van der Waals surface area contributed by atoms with E-state index in [0.29, 0.717) is 12.0 Å². The van der Waals surface area contributed by atoms with E-state index in [4.69, 9.17) is 9.84 Å². The maximum atomic E-state index is 13.2. The van der Waals surface area contributed by atoms with Crippen molar-refractivity contribution in [3.8, 4) is 0 Å². The Bertz CT molecular complexity index is 987. The third-order valence-electron chi connectivity index (χ3n) is 6.67. The Morgan fingerprint density at radius 3 is 2.34 bits per heavy atom. The number of aliphatic carboxylic acids is 1. The van der Waals surface area contributed by atoms with Crippen LogP contribution in [0.3, 0.4) is 0 Å². The molecule has 188 valence electrons. The monoisotopic (exact) mass is 483 g/mol. The Morgan fingerprint density at radius 1 is 1.14 bits per heavy atom. The highest BCUT2D eigenvalue weighted by Crippen LogP contribution is 2.39. The molecule has 0 aliphatic carbocycles. The number of carbonyl (C=O) groups is 2. The Balaban J connectivity index is 1.96. The number of amides is 1. The number of rotatable bonds is 12. The molecule has 0 radical (unpaired) electrons. The lowest BCUT2D eigenvalue weighted by Crippen LogP contribution is -2.51. The average molecular weight is 484 g/mol. The van der Waals surface area contributed by atoms with Crippen molar-refractivity contribution in [2.75, 3.05) is 6.54 Å². The first kappa shape index (κ1) is 26.3. The standard InChI is InChI=1S/C26H33N3O6/c1-3-17(2)25(35-16-18-10-6-4-7-11-18)21-23(26(32)27-15-14-20(30)31)28-22(24(21)29(33)34)19-12-8-5-9-13-19/h4-13,17,21-25,28H,3,14-16H2,1-2H3,(H,27,32)(H,30,31)/t17-,21+,22-,23-,24-,25+/m0/s1. The zero-order valence-electron chi connectivity index (χ0n) is 20.0. The third kappa shape index (κ3) is 6.64. The fourth-order valence-electron chi connectivity index (χ4n) is 4.73. The van der Waals surface area contributed by atoms with Crippen molar-refractivity contribution in [3.63, 3.8) is 0 Å². The molecule has 0 aromatic heterocycles. The van der Waals surface area contributed by atoms with E-state index >= 15 is 0 Å². The fourth-order valence-corrected chi connectivity index (χ4v) is 4.73. The molecule has 1 aliphatic rings. The molecule has 1 aliphatic heterocycles. The van der Waals surface area contributed by atoms with Gasteiger partial charge < -0.3 is 15.2 Å². The fraction of sp³-hybridized carbons (Fsp3) is 0.462. The average Bonchev–Trinajstić information content (AvgIpc) is 3.26. The van der Waals surface area contributed by atoms with Crippen LogP contribution in [0.1, 0.15) is 43.9 Å². The quantitative estimate of drug-likeness (QED) is 0.312. The Kier molecular flexibility index (Phi) is 9.33. The number of nitrogens with one attached hydrogen (secondary N) is 2. The number of nitro groups is 1. The molecule has 1 fully saturated rings. The van der Waals surface area contributed by atoms with E-state index in [1.807, 2.05) is 50.2 Å². The molecule has 0 saturated carbocycles. The summed E-state index contributed by atoms with van der Waals surface area (Å²) in [7, 11) is 0. The van der Waals surface area contributed by atoms with Crippen LogP contribution >= 0.6 is 0 Å². The van der Waals surface area contributed by atoms with Crippen molar-refractivity contribution in [1.82, 2.24) is 10.6 Å². The van der Waals surface area contributed by atoms with E-state index in [1.165, 1.54) is 0 Å². The number of carbonyl (C=O) groups excluding carboxylic acids is 1. The summed E-state index contributed by atoms with van der Waals surface area (Å²) in [5.74, 6) is -2.32. The number of hydrogen-bond donors (Lipinski definition) is 3. The summed E-state index contributed by atoms with van der Waals surface area (Å²) in [5.41, 5.74) is 1.65. The summed E-state index contributed by atoms with van der Waals surface area (Å²) in [6.45, 7) is 4.17. The van der Waals surface area contributed by atoms with Crippen molar-refractivity contribution >= 4 is 11.9 Å². The number of nitrogens with zero attached hydrogens (tertiary/aromatic N) is 1. The van der Waals surface area contributed by atoms with Gasteiger partial charge in [-0.25, -0.2) is 0 Å². The molecular formula is C26H33N3O6. The van der Waals surface area contributed by atoms with Gasteiger partial charge in [0, 0.05) is 11.5 Å². The van der Waals surface area contributed by atoms with Crippen LogP contribution in [0.5, 0.6) is 0 Å². The van der Waals surface area contributed by atoms with E-state index < -0.39 is 42.0 Å². The molecule has 0 unspecified atom stereocenters. The topological polar surface area (TPSA) is 131 Å². The number of benzene rings is 2. The zero-order valence-corrected chi connectivity index (χ0v) is 20.0. The van der Waals surface area contributed by atoms with Crippen molar-refractivity contribution in [1.29, 1.82) is 0 Å². The number of carboxylic acids is 1. The van der Waals surface area contributed by atoms with Crippen LogP contribution in [0, 0.1) is 22.0 Å². The summed E-state index contributed by atoms with van der Waals surface area (Å²) >= 11 is 0. The number of ether oxygens (including phenoxy) is 1. The Morgan fingerprint density at radius 2 is 1.77 bits per heavy atom. The lowest BCUT2D eigenvalue weighted by atomic mass is 9.80. The minimum atomic E-state index is -1.11. The second-order valence-electron chi connectivity index (χ2n) is 8.97. The molecule has 2 aromatic carbocycles. The van der Waals surface area contributed by atoms with Gasteiger partial charge in [-0.3, -0.25) is 25.0 Å². The van der Waals surface area contributed by atoms with E-state index in [1.54, 1.807) is 24.3 Å². The van der Waals surface area contributed by atoms with Crippen LogP contribution in [-0.4, -0.2) is 46.6 Å². The summed E-state index contributed by atoms with van der Waals surface area (Å²) in [5, 5.41) is 27.2. The first-order chi connectivity index (χ1) is 16.8. The molecule has 1 amide bonds. The smallest absolute Gasteiger partial charge is 0.305 e. The van der Waals surface area contributed by atoms with E-state index in [0.717, 1.165) is 5.56 Å². The van der Waals surface area contributed by atoms with Crippen molar-refractivity contribution in [2.45, 2.75) is 57.5 Å². The van der Waals surface area contributed by atoms with Crippen LogP contribution in [0.15, 0.2) is 60.7 Å². The summed E-state index contributed by atoms with van der Waals surface area (Å²) in [4.78, 5) is 36.3. The molecule has 2 aromatic rings. The second kappa shape index (κ2) is 12.4. The van der Waals surface area contributed by atoms with Crippen LogP contribution < -0.4 is 10.6 Å². The summed E-state index contributed by atoms with van der Waals surface area (Å²) in [6.07, 6.45) is -0.0977. The van der Waals surface area contributed by atoms with Gasteiger partial charge in [-0.2, -0.15) is 0 Å².